The second-order valence-corrected chi connectivity index (χ2v) is 5.62. The molecule has 1 nitrogen and oxygen atoms in total. The minimum absolute atomic E-state index is 0.749. The van der Waals surface area contributed by atoms with Crippen LogP contribution in [-0.2, 0) is 6.42 Å². The molecule has 0 heterocycles. The third-order valence-corrected chi connectivity index (χ3v) is 3.21. The molecule has 1 rings (SSSR count). The van der Waals surface area contributed by atoms with E-state index in [0.717, 1.165) is 24.9 Å². The van der Waals surface area contributed by atoms with Crippen LogP contribution in [0.15, 0.2) is 24.3 Å². The van der Waals surface area contributed by atoms with Gasteiger partial charge >= 0.3 is 0 Å². The Balaban J connectivity index is 2.24. The lowest BCUT2D eigenvalue weighted by Gasteiger charge is -2.14. The maximum atomic E-state index is 3.54. The number of benzene rings is 1. The summed E-state index contributed by atoms with van der Waals surface area (Å²) in [4.78, 5) is 0. The van der Waals surface area contributed by atoms with Crippen LogP contribution in [0.2, 0.25) is 0 Å². The lowest BCUT2D eigenvalue weighted by molar-refractivity contribution is 0.454. The molecule has 1 unspecified atom stereocenters. The van der Waals surface area contributed by atoms with Crippen molar-refractivity contribution >= 4 is 0 Å². The minimum atomic E-state index is 0.749. The van der Waals surface area contributed by atoms with Crippen LogP contribution < -0.4 is 5.32 Å². The first-order valence-corrected chi connectivity index (χ1v) is 6.84. The predicted molar refractivity (Wildman–Crippen MR) is 76.4 cm³/mol. The predicted octanol–water partition coefficient (Wildman–Crippen LogP) is 3.81. The molecular weight excluding hydrogens is 206 g/mol. The van der Waals surface area contributed by atoms with E-state index in [-0.39, 0.29) is 0 Å². The van der Waals surface area contributed by atoms with Gasteiger partial charge in [-0.1, -0.05) is 45.0 Å². The Morgan fingerprint density at radius 3 is 2.41 bits per heavy atom. The third-order valence-electron chi connectivity index (χ3n) is 3.21. The first-order chi connectivity index (χ1) is 8.09. The van der Waals surface area contributed by atoms with Crippen molar-refractivity contribution in [3.05, 3.63) is 35.4 Å². The van der Waals surface area contributed by atoms with Gasteiger partial charge in [-0.3, -0.25) is 0 Å². The summed E-state index contributed by atoms with van der Waals surface area (Å²) >= 11 is 0. The van der Waals surface area contributed by atoms with E-state index in [1.165, 1.54) is 24.0 Å². The van der Waals surface area contributed by atoms with Crippen LogP contribution in [0, 0.1) is 18.8 Å². The van der Waals surface area contributed by atoms with Gasteiger partial charge in [0.2, 0.25) is 0 Å². The molecular formula is C16H27N. The Morgan fingerprint density at radius 2 is 1.76 bits per heavy atom. The summed E-state index contributed by atoms with van der Waals surface area (Å²) in [5.41, 5.74) is 2.93. The van der Waals surface area contributed by atoms with Crippen molar-refractivity contribution in [1.82, 2.24) is 5.32 Å². The third kappa shape index (κ3) is 5.88. The van der Waals surface area contributed by atoms with Gasteiger partial charge in [-0.25, -0.2) is 0 Å². The summed E-state index contributed by atoms with van der Waals surface area (Å²) < 4.78 is 0. The molecule has 0 aliphatic carbocycles. The van der Waals surface area contributed by atoms with Gasteiger partial charge in [0.25, 0.3) is 0 Å². The van der Waals surface area contributed by atoms with Gasteiger partial charge in [-0.2, -0.15) is 0 Å². The van der Waals surface area contributed by atoms with Crippen LogP contribution in [-0.4, -0.2) is 13.1 Å². The summed E-state index contributed by atoms with van der Waals surface area (Å²) in [5.74, 6) is 1.51. The molecule has 0 saturated heterocycles. The van der Waals surface area contributed by atoms with E-state index in [4.69, 9.17) is 0 Å². The Morgan fingerprint density at radius 1 is 1.06 bits per heavy atom. The second kappa shape index (κ2) is 7.50. The molecule has 1 aromatic rings. The zero-order chi connectivity index (χ0) is 12.7. The lowest BCUT2D eigenvalue weighted by atomic mass is 9.98. The van der Waals surface area contributed by atoms with E-state index >= 15 is 0 Å². The van der Waals surface area contributed by atoms with Crippen molar-refractivity contribution in [2.45, 2.75) is 40.5 Å². The molecule has 1 aromatic carbocycles. The summed E-state index contributed by atoms with van der Waals surface area (Å²) in [7, 11) is 0. The van der Waals surface area contributed by atoms with Crippen molar-refractivity contribution in [3.63, 3.8) is 0 Å². The maximum Gasteiger partial charge on any atom is -0.00229 e. The molecule has 96 valence electrons. The molecule has 1 heteroatoms. The Kier molecular flexibility index (Phi) is 6.28. The molecule has 0 saturated carbocycles. The van der Waals surface area contributed by atoms with Gasteiger partial charge in [0, 0.05) is 0 Å². The SMILES string of the molecule is Cc1ccccc1CCC(C)CNCC(C)C. The van der Waals surface area contributed by atoms with Gasteiger partial charge < -0.3 is 5.32 Å². The van der Waals surface area contributed by atoms with Crippen molar-refractivity contribution in [3.8, 4) is 0 Å². The molecule has 0 radical (unpaired) electrons. The number of nitrogens with one attached hydrogen (secondary N) is 1. The van der Waals surface area contributed by atoms with Gasteiger partial charge in [0.15, 0.2) is 0 Å². The fourth-order valence-corrected chi connectivity index (χ4v) is 2.01. The molecule has 0 fully saturated rings. The quantitative estimate of drug-likeness (QED) is 0.755. The summed E-state index contributed by atoms with van der Waals surface area (Å²) in [6.45, 7) is 11.3. The first kappa shape index (κ1) is 14.2. The van der Waals surface area contributed by atoms with Crippen molar-refractivity contribution in [2.24, 2.45) is 11.8 Å². The molecule has 0 aliphatic rings. The molecule has 0 aliphatic heterocycles. The fourth-order valence-electron chi connectivity index (χ4n) is 2.01. The second-order valence-electron chi connectivity index (χ2n) is 5.62. The molecule has 17 heavy (non-hydrogen) atoms. The lowest BCUT2D eigenvalue weighted by Crippen LogP contribution is -2.25. The summed E-state index contributed by atoms with van der Waals surface area (Å²) in [6.07, 6.45) is 2.48. The molecule has 1 atom stereocenters. The van der Waals surface area contributed by atoms with Crippen molar-refractivity contribution in [1.29, 1.82) is 0 Å². The van der Waals surface area contributed by atoms with Crippen LogP contribution in [0.4, 0.5) is 0 Å². The van der Waals surface area contributed by atoms with E-state index in [9.17, 15) is 0 Å². The summed E-state index contributed by atoms with van der Waals surface area (Å²) in [6, 6.07) is 8.72. The largest absolute Gasteiger partial charge is 0.316 e. The van der Waals surface area contributed by atoms with E-state index in [1.807, 2.05) is 0 Å². The number of rotatable bonds is 7. The van der Waals surface area contributed by atoms with E-state index in [1.54, 1.807) is 0 Å². The molecule has 0 spiro atoms. The van der Waals surface area contributed by atoms with Crippen molar-refractivity contribution in [2.75, 3.05) is 13.1 Å². The standard InChI is InChI=1S/C16H27N/c1-13(2)11-17-12-14(3)9-10-16-8-6-5-7-15(16)4/h5-8,13-14,17H,9-12H2,1-4H3. The van der Waals surface area contributed by atoms with Crippen LogP contribution in [0.1, 0.15) is 38.3 Å². The Hall–Kier alpha value is -0.820. The van der Waals surface area contributed by atoms with E-state index in [2.05, 4.69) is 57.3 Å². The highest BCUT2D eigenvalue weighted by Crippen LogP contribution is 2.13. The molecule has 0 amide bonds. The summed E-state index contributed by atoms with van der Waals surface area (Å²) in [5, 5.41) is 3.54. The smallest absolute Gasteiger partial charge is 0.00229 e. The average Bonchev–Trinajstić information content (AvgIpc) is 2.27. The number of aryl methyl sites for hydroxylation is 2. The Bertz CT molecular complexity index is 317. The van der Waals surface area contributed by atoms with E-state index in [0.29, 0.717) is 0 Å². The highest BCUT2D eigenvalue weighted by molar-refractivity contribution is 5.25. The van der Waals surface area contributed by atoms with Gasteiger partial charge in [-0.05, 0) is 55.8 Å². The molecule has 1 N–H and O–H groups in total. The monoisotopic (exact) mass is 233 g/mol. The Labute approximate surface area is 107 Å². The van der Waals surface area contributed by atoms with Gasteiger partial charge in [-0.15, -0.1) is 0 Å². The maximum absolute atomic E-state index is 3.54. The minimum Gasteiger partial charge on any atom is -0.316 e. The van der Waals surface area contributed by atoms with E-state index < -0.39 is 0 Å². The molecule has 0 aromatic heterocycles. The van der Waals surface area contributed by atoms with Crippen LogP contribution in [0.5, 0.6) is 0 Å². The number of hydrogen-bond acceptors (Lipinski definition) is 1. The first-order valence-electron chi connectivity index (χ1n) is 6.84. The highest BCUT2D eigenvalue weighted by atomic mass is 14.9. The zero-order valence-corrected chi connectivity index (χ0v) is 11.8. The average molecular weight is 233 g/mol. The van der Waals surface area contributed by atoms with Crippen LogP contribution in [0.25, 0.3) is 0 Å². The zero-order valence-electron chi connectivity index (χ0n) is 11.8. The van der Waals surface area contributed by atoms with Crippen LogP contribution >= 0.6 is 0 Å². The number of hydrogen-bond donors (Lipinski definition) is 1. The molecule has 0 bridgehead atoms. The van der Waals surface area contributed by atoms with Crippen LogP contribution in [0.3, 0.4) is 0 Å². The van der Waals surface area contributed by atoms with Gasteiger partial charge in [0.05, 0.1) is 0 Å². The topological polar surface area (TPSA) is 12.0 Å². The van der Waals surface area contributed by atoms with Crippen molar-refractivity contribution < 1.29 is 0 Å². The van der Waals surface area contributed by atoms with Gasteiger partial charge in [0.1, 0.15) is 0 Å². The normalized spacial score (nSPS) is 13.0. The highest BCUT2D eigenvalue weighted by Gasteiger charge is 2.04. The fraction of sp³-hybridized carbons (Fsp3) is 0.625.